The second kappa shape index (κ2) is 5.18. The van der Waals surface area contributed by atoms with Gasteiger partial charge in [-0.15, -0.1) is 0 Å². The van der Waals surface area contributed by atoms with Crippen LogP contribution in [-0.2, 0) is 6.42 Å². The lowest BCUT2D eigenvalue weighted by atomic mass is 10.1. The van der Waals surface area contributed by atoms with Gasteiger partial charge in [0.25, 0.3) is 5.88 Å². The summed E-state index contributed by atoms with van der Waals surface area (Å²) in [5.74, 6) is 7.14. The molecule has 0 bridgehead atoms. The summed E-state index contributed by atoms with van der Waals surface area (Å²) in [7, 11) is 0. The summed E-state index contributed by atoms with van der Waals surface area (Å²) in [6.07, 6.45) is 6.14. The van der Waals surface area contributed by atoms with Crippen molar-refractivity contribution in [3.8, 4) is 11.6 Å². The normalized spacial score (nSPS) is 10.7. The first-order valence-corrected chi connectivity index (χ1v) is 6.38. The molecular weight excluding hydrogens is 254 g/mol. The highest BCUT2D eigenvalue weighted by Crippen LogP contribution is 2.27. The van der Waals surface area contributed by atoms with E-state index >= 15 is 0 Å². The van der Waals surface area contributed by atoms with E-state index in [0.29, 0.717) is 17.3 Å². The third-order valence-corrected chi connectivity index (χ3v) is 3.05. The summed E-state index contributed by atoms with van der Waals surface area (Å²) in [6.45, 7) is 2.08. The lowest BCUT2D eigenvalue weighted by molar-refractivity contribution is 0.460. The van der Waals surface area contributed by atoms with Gasteiger partial charge >= 0.3 is 0 Å². The molecule has 0 amide bonds. The fraction of sp³-hybridized carbons (Fsp3) is 0.143. The maximum absolute atomic E-state index is 5.92. The molecule has 0 spiro atoms. The van der Waals surface area contributed by atoms with Crippen LogP contribution < -0.4 is 16.0 Å². The number of ether oxygens (including phenoxy) is 1. The highest BCUT2D eigenvalue weighted by Gasteiger charge is 2.11. The third kappa shape index (κ3) is 2.17. The number of nitrogens with two attached hydrogens (primary N) is 1. The Labute approximate surface area is 116 Å². The van der Waals surface area contributed by atoms with Crippen molar-refractivity contribution in [2.24, 2.45) is 5.84 Å². The molecule has 0 saturated heterocycles. The van der Waals surface area contributed by atoms with E-state index in [1.807, 2.05) is 34.9 Å². The third-order valence-electron chi connectivity index (χ3n) is 3.05. The van der Waals surface area contributed by atoms with Gasteiger partial charge in [0.2, 0.25) is 5.65 Å². The van der Waals surface area contributed by atoms with E-state index in [-0.39, 0.29) is 0 Å². The maximum Gasteiger partial charge on any atom is 0.265 e. The number of nitrogens with zero attached hydrogens (tertiary/aromatic N) is 3. The van der Waals surface area contributed by atoms with Crippen LogP contribution in [0.1, 0.15) is 12.5 Å². The van der Waals surface area contributed by atoms with Crippen molar-refractivity contribution in [1.29, 1.82) is 0 Å². The molecule has 0 aliphatic rings. The standard InChI is InChI=1S/C14H15N5O/c1-2-10-5-3-4-6-11(10)20-14-13-16-7-8-19(13)9-12(17-14)18-15/h3-9,18H,2,15H2,1H3. The van der Waals surface area contributed by atoms with Gasteiger partial charge in [0.05, 0.1) is 6.20 Å². The number of para-hydroxylation sites is 1. The first-order valence-electron chi connectivity index (χ1n) is 6.38. The van der Waals surface area contributed by atoms with Crippen LogP contribution >= 0.6 is 0 Å². The van der Waals surface area contributed by atoms with Gasteiger partial charge in [0.1, 0.15) is 5.75 Å². The van der Waals surface area contributed by atoms with Crippen molar-refractivity contribution in [3.05, 3.63) is 48.4 Å². The Hall–Kier alpha value is -2.60. The number of aromatic nitrogens is 3. The fourth-order valence-electron chi connectivity index (χ4n) is 2.04. The molecule has 0 fully saturated rings. The molecule has 1 aromatic carbocycles. The lowest BCUT2D eigenvalue weighted by Gasteiger charge is -2.11. The second-order valence-electron chi connectivity index (χ2n) is 4.30. The van der Waals surface area contributed by atoms with Crippen LogP contribution in [0.5, 0.6) is 11.6 Å². The van der Waals surface area contributed by atoms with Gasteiger partial charge in [-0.3, -0.25) is 4.40 Å². The number of hydrogen-bond acceptors (Lipinski definition) is 5. The Morgan fingerprint density at radius 1 is 1.35 bits per heavy atom. The maximum atomic E-state index is 5.92. The SMILES string of the molecule is CCc1ccccc1Oc1nc(NN)cn2ccnc12. The monoisotopic (exact) mass is 269 g/mol. The minimum Gasteiger partial charge on any atom is -0.436 e. The van der Waals surface area contributed by atoms with Crippen molar-refractivity contribution >= 4 is 11.5 Å². The summed E-state index contributed by atoms with van der Waals surface area (Å²) in [4.78, 5) is 8.57. The Bertz CT molecular complexity index is 737. The van der Waals surface area contributed by atoms with Crippen LogP contribution in [0.3, 0.4) is 0 Å². The molecule has 0 atom stereocenters. The Morgan fingerprint density at radius 3 is 3.00 bits per heavy atom. The number of nitrogens with one attached hydrogen (secondary N) is 1. The van der Waals surface area contributed by atoms with E-state index < -0.39 is 0 Å². The molecule has 0 radical (unpaired) electrons. The minimum absolute atomic E-state index is 0.423. The molecule has 3 aromatic rings. The number of hydrazine groups is 1. The molecule has 3 rings (SSSR count). The van der Waals surface area contributed by atoms with Crippen molar-refractivity contribution in [2.75, 3.05) is 5.43 Å². The first kappa shape index (κ1) is 12.4. The van der Waals surface area contributed by atoms with Gasteiger partial charge in [-0.05, 0) is 18.1 Å². The number of anilines is 1. The molecule has 6 heteroatoms. The molecule has 102 valence electrons. The first-order chi connectivity index (χ1) is 9.81. The lowest BCUT2D eigenvalue weighted by Crippen LogP contribution is -2.10. The molecule has 2 heterocycles. The van der Waals surface area contributed by atoms with E-state index in [1.54, 1.807) is 12.4 Å². The zero-order valence-electron chi connectivity index (χ0n) is 11.1. The number of aryl methyl sites for hydroxylation is 1. The van der Waals surface area contributed by atoms with Crippen LogP contribution in [-0.4, -0.2) is 14.4 Å². The van der Waals surface area contributed by atoms with Gasteiger partial charge in [0, 0.05) is 12.4 Å². The van der Waals surface area contributed by atoms with Crippen LogP contribution in [0.4, 0.5) is 5.82 Å². The van der Waals surface area contributed by atoms with E-state index in [9.17, 15) is 0 Å². The summed E-state index contributed by atoms with van der Waals surface area (Å²) < 4.78 is 7.74. The quantitative estimate of drug-likeness (QED) is 0.561. The second-order valence-corrected chi connectivity index (χ2v) is 4.30. The van der Waals surface area contributed by atoms with Crippen molar-refractivity contribution in [2.45, 2.75) is 13.3 Å². The van der Waals surface area contributed by atoms with E-state index in [0.717, 1.165) is 17.7 Å². The summed E-state index contributed by atoms with van der Waals surface area (Å²) >= 11 is 0. The molecule has 0 unspecified atom stereocenters. The molecule has 20 heavy (non-hydrogen) atoms. The number of nitrogen functional groups attached to an aromatic ring is 1. The fourth-order valence-corrected chi connectivity index (χ4v) is 2.04. The molecule has 0 aliphatic heterocycles. The largest absolute Gasteiger partial charge is 0.436 e. The van der Waals surface area contributed by atoms with Crippen LogP contribution in [0, 0.1) is 0 Å². The molecule has 3 N–H and O–H groups in total. The summed E-state index contributed by atoms with van der Waals surface area (Å²) in [5.41, 5.74) is 4.29. The van der Waals surface area contributed by atoms with Gasteiger partial charge in [-0.1, -0.05) is 25.1 Å². The van der Waals surface area contributed by atoms with E-state index in [1.165, 1.54) is 0 Å². The van der Waals surface area contributed by atoms with Crippen molar-refractivity contribution in [3.63, 3.8) is 0 Å². The smallest absolute Gasteiger partial charge is 0.265 e. The van der Waals surface area contributed by atoms with Crippen molar-refractivity contribution < 1.29 is 4.74 Å². The average molecular weight is 269 g/mol. The molecular formula is C14H15N5O. The number of rotatable bonds is 4. The zero-order chi connectivity index (χ0) is 13.9. The van der Waals surface area contributed by atoms with Crippen LogP contribution in [0.15, 0.2) is 42.9 Å². The van der Waals surface area contributed by atoms with Crippen molar-refractivity contribution in [1.82, 2.24) is 14.4 Å². The molecule has 0 saturated carbocycles. The average Bonchev–Trinajstić information content (AvgIpc) is 2.96. The summed E-state index contributed by atoms with van der Waals surface area (Å²) in [5, 5.41) is 0. The van der Waals surface area contributed by atoms with Gasteiger partial charge < -0.3 is 10.2 Å². The highest BCUT2D eigenvalue weighted by atomic mass is 16.5. The van der Waals surface area contributed by atoms with Crippen LogP contribution in [0.2, 0.25) is 0 Å². The Kier molecular flexibility index (Phi) is 3.22. The predicted molar refractivity (Wildman–Crippen MR) is 76.7 cm³/mol. The number of imidazole rings is 1. The van der Waals surface area contributed by atoms with E-state index in [4.69, 9.17) is 10.6 Å². The topological polar surface area (TPSA) is 77.5 Å². The zero-order valence-corrected chi connectivity index (χ0v) is 11.1. The number of fused-ring (bicyclic) bond motifs is 1. The minimum atomic E-state index is 0.423. The van der Waals surface area contributed by atoms with Gasteiger partial charge in [-0.25, -0.2) is 10.8 Å². The number of hydrogen-bond donors (Lipinski definition) is 2. The summed E-state index contributed by atoms with van der Waals surface area (Å²) in [6, 6.07) is 7.87. The van der Waals surface area contributed by atoms with Gasteiger partial charge in [-0.2, -0.15) is 4.98 Å². The van der Waals surface area contributed by atoms with Crippen LogP contribution in [0.25, 0.3) is 5.65 Å². The number of benzene rings is 1. The highest BCUT2D eigenvalue weighted by molar-refractivity contribution is 5.55. The van der Waals surface area contributed by atoms with E-state index in [2.05, 4.69) is 22.3 Å². The predicted octanol–water partition coefficient (Wildman–Crippen LogP) is 2.37. The Morgan fingerprint density at radius 2 is 2.20 bits per heavy atom. The molecule has 0 aliphatic carbocycles. The molecule has 2 aromatic heterocycles. The Balaban J connectivity index is 2.07. The van der Waals surface area contributed by atoms with Gasteiger partial charge in [0.15, 0.2) is 5.82 Å². The molecule has 6 nitrogen and oxygen atoms in total.